The number of hydrogen-bond acceptors (Lipinski definition) is 5. The zero-order chi connectivity index (χ0) is 22.0. The van der Waals surface area contributed by atoms with Crippen molar-refractivity contribution in [3.63, 3.8) is 0 Å². The lowest BCUT2D eigenvalue weighted by Gasteiger charge is -2.29. The molecular weight excluding hydrogens is 492 g/mol. The van der Waals surface area contributed by atoms with E-state index in [-0.39, 0.29) is 16.8 Å². The lowest BCUT2D eigenvalue weighted by Crippen LogP contribution is -2.54. The number of methoxy groups -OCH3 is 1. The van der Waals surface area contributed by atoms with E-state index < -0.39 is 11.8 Å². The molecule has 1 aliphatic heterocycles. The first kappa shape index (κ1) is 22.3. The molecule has 1 saturated heterocycles. The molecule has 0 atom stereocenters. The second-order valence-electron chi connectivity index (χ2n) is 6.61. The Morgan fingerprint density at radius 2 is 1.93 bits per heavy atom. The van der Waals surface area contributed by atoms with Gasteiger partial charge in [-0.2, -0.15) is 0 Å². The van der Waals surface area contributed by atoms with Gasteiger partial charge in [0.15, 0.2) is 16.6 Å². The Bertz CT molecular complexity index is 1070. The minimum absolute atomic E-state index is 0.0327. The molecule has 0 bridgehead atoms. The van der Waals surface area contributed by atoms with Crippen LogP contribution in [0.15, 0.2) is 46.4 Å². The molecule has 156 valence electrons. The van der Waals surface area contributed by atoms with Crippen LogP contribution in [-0.4, -0.2) is 30.1 Å². The zero-order valence-corrected chi connectivity index (χ0v) is 19.5. The molecule has 0 radical (unpaired) electrons. The summed E-state index contributed by atoms with van der Waals surface area (Å²) in [6, 6.07) is 10.2. The van der Waals surface area contributed by atoms with Gasteiger partial charge in [-0.15, -0.1) is 0 Å². The number of thiocarbonyl (C=S) groups is 1. The molecular formula is C21H18BrClN2O4S. The first-order valence-corrected chi connectivity index (χ1v) is 10.5. The molecule has 2 aromatic rings. The summed E-state index contributed by atoms with van der Waals surface area (Å²) in [5, 5.41) is 2.84. The van der Waals surface area contributed by atoms with E-state index in [1.54, 1.807) is 36.4 Å². The van der Waals surface area contributed by atoms with E-state index in [1.165, 1.54) is 18.1 Å². The van der Waals surface area contributed by atoms with Gasteiger partial charge in [0.1, 0.15) is 5.57 Å². The van der Waals surface area contributed by atoms with E-state index in [2.05, 4.69) is 21.2 Å². The van der Waals surface area contributed by atoms with Gasteiger partial charge >= 0.3 is 0 Å². The molecule has 0 aliphatic carbocycles. The Hall–Kier alpha value is -2.42. The number of hydrogen-bond donors (Lipinski definition) is 1. The summed E-state index contributed by atoms with van der Waals surface area (Å²) in [7, 11) is 1.52. The lowest BCUT2D eigenvalue weighted by atomic mass is 10.1. The van der Waals surface area contributed by atoms with Crippen molar-refractivity contribution in [2.75, 3.05) is 12.0 Å². The minimum atomic E-state index is -0.592. The third-order valence-corrected chi connectivity index (χ3v) is 5.30. The zero-order valence-electron chi connectivity index (χ0n) is 16.4. The van der Waals surface area contributed by atoms with Crippen LogP contribution in [0.2, 0.25) is 5.02 Å². The number of anilines is 1. The number of carbonyl (C=O) groups is 2. The van der Waals surface area contributed by atoms with Crippen molar-refractivity contribution in [3.8, 4) is 11.5 Å². The summed E-state index contributed by atoms with van der Waals surface area (Å²) in [4.78, 5) is 26.9. The van der Waals surface area contributed by atoms with E-state index in [0.717, 1.165) is 0 Å². The molecule has 9 heteroatoms. The molecule has 2 aromatic carbocycles. The molecule has 1 fully saturated rings. The van der Waals surface area contributed by atoms with Gasteiger partial charge in [0.05, 0.1) is 28.4 Å². The first-order valence-electron chi connectivity index (χ1n) is 8.93. The minimum Gasteiger partial charge on any atom is -0.493 e. The van der Waals surface area contributed by atoms with Crippen molar-refractivity contribution < 1.29 is 19.1 Å². The van der Waals surface area contributed by atoms with Crippen molar-refractivity contribution in [2.24, 2.45) is 0 Å². The fourth-order valence-electron chi connectivity index (χ4n) is 2.85. The summed E-state index contributed by atoms with van der Waals surface area (Å²) in [5.41, 5.74) is 0.870. The van der Waals surface area contributed by atoms with Crippen molar-refractivity contribution in [1.82, 2.24) is 5.32 Å². The molecule has 3 rings (SSSR count). The molecule has 30 heavy (non-hydrogen) atoms. The first-order chi connectivity index (χ1) is 14.2. The largest absolute Gasteiger partial charge is 0.493 e. The second kappa shape index (κ2) is 9.16. The van der Waals surface area contributed by atoms with E-state index in [9.17, 15) is 9.59 Å². The highest BCUT2D eigenvalue weighted by Crippen LogP contribution is 2.38. The third kappa shape index (κ3) is 4.50. The Morgan fingerprint density at radius 3 is 2.57 bits per heavy atom. The number of nitrogens with one attached hydrogen (secondary N) is 1. The van der Waals surface area contributed by atoms with Crippen LogP contribution in [0.3, 0.4) is 0 Å². The molecule has 2 amide bonds. The maximum Gasteiger partial charge on any atom is 0.270 e. The van der Waals surface area contributed by atoms with Crippen LogP contribution in [0.1, 0.15) is 19.4 Å². The standard InChI is InChI=1S/C21H18BrClN2O4S/c1-11(2)29-18-14(22)9-12(10-17(18)28-3)8-13-19(26)24-21(30)25(20(13)27)16-7-5-4-6-15(16)23/h4-11H,1-3H3,(H,24,26,30)/b13-8+. The Kier molecular flexibility index (Phi) is 6.80. The molecule has 1 heterocycles. The number of rotatable bonds is 5. The van der Waals surface area contributed by atoms with Crippen molar-refractivity contribution in [3.05, 3.63) is 57.0 Å². The Morgan fingerprint density at radius 1 is 1.23 bits per heavy atom. The van der Waals surface area contributed by atoms with Crippen molar-refractivity contribution in [2.45, 2.75) is 20.0 Å². The van der Waals surface area contributed by atoms with E-state index in [1.807, 2.05) is 13.8 Å². The van der Waals surface area contributed by atoms with Crippen LogP contribution in [0.25, 0.3) is 6.08 Å². The summed E-state index contributed by atoms with van der Waals surface area (Å²) in [6.07, 6.45) is 1.41. The van der Waals surface area contributed by atoms with Gasteiger partial charge in [0.25, 0.3) is 11.8 Å². The van der Waals surface area contributed by atoms with Crippen LogP contribution in [0.5, 0.6) is 11.5 Å². The maximum absolute atomic E-state index is 13.1. The molecule has 1 aliphatic rings. The number of nitrogens with zero attached hydrogens (tertiary/aromatic N) is 1. The Labute approximate surface area is 192 Å². The summed E-state index contributed by atoms with van der Waals surface area (Å²) in [6.45, 7) is 3.80. The highest BCUT2D eigenvalue weighted by molar-refractivity contribution is 9.10. The molecule has 0 unspecified atom stereocenters. The highest BCUT2D eigenvalue weighted by Gasteiger charge is 2.35. The average Bonchev–Trinajstić information content (AvgIpc) is 2.68. The van der Waals surface area contributed by atoms with Crippen molar-refractivity contribution >= 4 is 68.4 Å². The summed E-state index contributed by atoms with van der Waals surface area (Å²) >= 11 is 14.9. The predicted octanol–water partition coefficient (Wildman–Crippen LogP) is 4.73. The van der Waals surface area contributed by atoms with Gasteiger partial charge in [-0.05, 0) is 77.9 Å². The fraction of sp³-hybridized carbons (Fsp3) is 0.190. The molecule has 0 saturated carbocycles. The van der Waals surface area contributed by atoms with E-state index in [0.29, 0.717) is 32.2 Å². The average molecular weight is 510 g/mol. The van der Waals surface area contributed by atoms with Gasteiger partial charge in [0.2, 0.25) is 0 Å². The van der Waals surface area contributed by atoms with Crippen LogP contribution >= 0.6 is 39.7 Å². The fourth-order valence-corrected chi connectivity index (χ4v) is 3.90. The van der Waals surface area contributed by atoms with Gasteiger partial charge in [0, 0.05) is 0 Å². The van der Waals surface area contributed by atoms with E-state index >= 15 is 0 Å². The highest BCUT2D eigenvalue weighted by atomic mass is 79.9. The van der Waals surface area contributed by atoms with Gasteiger partial charge in [-0.3, -0.25) is 19.8 Å². The smallest absolute Gasteiger partial charge is 0.270 e. The monoisotopic (exact) mass is 508 g/mol. The SMILES string of the molecule is COc1cc(/C=C2\C(=O)NC(=S)N(c3ccccc3Cl)C2=O)cc(Br)c1OC(C)C. The van der Waals surface area contributed by atoms with Crippen LogP contribution in [-0.2, 0) is 9.59 Å². The Balaban J connectivity index is 2.05. The number of amides is 2. The van der Waals surface area contributed by atoms with Gasteiger partial charge < -0.3 is 9.47 Å². The van der Waals surface area contributed by atoms with Crippen LogP contribution in [0, 0.1) is 0 Å². The maximum atomic E-state index is 13.1. The topological polar surface area (TPSA) is 67.9 Å². The number of ether oxygens (including phenoxy) is 2. The van der Waals surface area contributed by atoms with Gasteiger partial charge in [-0.25, -0.2) is 0 Å². The molecule has 6 nitrogen and oxygen atoms in total. The molecule has 0 spiro atoms. The summed E-state index contributed by atoms with van der Waals surface area (Å²) in [5.74, 6) is -0.166. The lowest BCUT2D eigenvalue weighted by molar-refractivity contribution is -0.122. The molecule has 0 aromatic heterocycles. The second-order valence-corrected chi connectivity index (χ2v) is 8.26. The van der Waals surface area contributed by atoms with Gasteiger partial charge in [-0.1, -0.05) is 23.7 Å². The number of para-hydroxylation sites is 1. The number of benzene rings is 2. The van der Waals surface area contributed by atoms with Crippen molar-refractivity contribution in [1.29, 1.82) is 0 Å². The molecule has 1 N–H and O–H groups in total. The normalized spacial score (nSPS) is 15.6. The number of carbonyl (C=O) groups excluding carboxylic acids is 2. The van der Waals surface area contributed by atoms with Crippen LogP contribution < -0.4 is 19.7 Å². The number of halogens is 2. The predicted molar refractivity (Wildman–Crippen MR) is 124 cm³/mol. The van der Waals surface area contributed by atoms with Crippen LogP contribution in [0.4, 0.5) is 5.69 Å². The summed E-state index contributed by atoms with van der Waals surface area (Å²) < 4.78 is 11.8. The quantitative estimate of drug-likeness (QED) is 0.359. The third-order valence-electron chi connectivity index (χ3n) is 4.11. The van der Waals surface area contributed by atoms with E-state index in [4.69, 9.17) is 33.3 Å².